The predicted octanol–water partition coefficient (Wildman–Crippen LogP) is 3.11. The Hall–Kier alpha value is -3.18. The van der Waals surface area contributed by atoms with E-state index in [1.807, 2.05) is 18.2 Å². The first-order valence-corrected chi connectivity index (χ1v) is 12.9. The van der Waals surface area contributed by atoms with Gasteiger partial charge in [0.2, 0.25) is 0 Å². The second kappa shape index (κ2) is 13.9. The summed E-state index contributed by atoms with van der Waals surface area (Å²) >= 11 is 0. The molecule has 0 saturated carbocycles. The second-order valence-corrected chi connectivity index (χ2v) is 9.55. The summed E-state index contributed by atoms with van der Waals surface area (Å²) in [4.78, 5) is 26.1. The lowest BCUT2D eigenvalue weighted by molar-refractivity contribution is -0.148. The number of ether oxygens (including phenoxy) is 1. The van der Waals surface area contributed by atoms with Crippen molar-refractivity contribution in [1.29, 1.82) is 0 Å². The van der Waals surface area contributed by atoms with Gasteiger partial charge in [-0.05, 0) is 47.5 Å². The zero-order chi connectivity index (χ0) is 26.1. The van der Waals surface area contributed by atoms with Gasteiger partial charge >= 0.3 is 39.1 Å². The lowest BCUT2D eigenvalue weighted by Gasteiger charge is -2.22. The van der Waals surface area contributed by atoms with Gasteiger partial charge in [0.1, 0.15) is 5.75 Å². The summed E-state index contributed by atoms with van der Waals surface area (Å²) in [5.74, 6) is -1.01. The van der Waals surface area contributed by atoms with Crippen LogP contribution in [0.25, 0.3) is 6.08 Å². The number of benzene rings is 3. The third-order valence-electron chi connectivity index (χ3n) is 5.22. The van der Waals surface area contributed by atoms with Crippen molar-refractivity contribution >= 4 is 56.8 Å². The van der Waals surface area contributed by atoms with Gasteiger partial charge in [-0.2, -0.15) is 8.42 Å². The van der Waals surface area contributed by atoms with E-state index >= 15 is 0 Å². The average molecular weight is 536 g/mol. The molecule has 0 unspecified atom stereocenters. The van der Waals surface area contributed by atoms with Crippen LogP contribution in [0, 0.1) is 0 Å². The summed E-state index contributed by atoms with van der Waals surface area (Å²) in [5.41, 5.74) is 2.76. The van der Waals surface area contributed by atoms with E-state index in [0.717, 1.165) is 17.4 Å². The van der Waals surface area contributed by atoms with Crippen LogP contribution < -0.4 is 9.08 Å². The van der Waals surface area contributed by atoms with Crippen molar-refractivity contribution in [3.05, 3.63) is 102 Å². The van der Waals surface area contributed by atoms with E-state index in [1.165, 1.54) is 7.11 Å². The maximum Gasteiger partial charge on any atom is 0.333 e. The molecule has 8 nitrogen and oxygen atoms in total. The predicted molar refractivity (Wildman–Crippen MR) is 146 cm³/mol. The Balaban J connectivity index is 0.00000481. The number of aliphatic carboxylic acids is 1. The highest BCUT2D eigenvalue weighted by molar-refractivity contribution is 7.86. The van der Waals surface area contributed by atoms with E-state index in [2.05, 4.69) is 0 Å². The molecule has 3 aromatic carbocycles. The van der Waals surface area contributed by atoms with E-state index < -0.39 is 22.2 Å². The number of carboxylic acid groups (broad SMARTS) is 1. The summed E-state index contributed by atoms with van der Waals surface area (Å²) in [6.45, 7) is 0.268. The van der Waals surface area contributed by atoms with Gasteiger partial charge in [-0.15, -0.1) is 0 Å². The molecule has 0 aliphatic heterocycles. The second-order valence-electron chi connectivity index (χ2n) is 7.97. The van der Waals surface area contributed by atoms with Gasteiger partial charge in [-0.3, -0.25) is 4.79 Å². The molecular weight excluding hydrogens is 507 g/mol. The fraction of sp³-hybridized carbons (Fsp3) is 0.185. The highest BCUT2D eigenvalue weighted by Gasteiger charge is 2.19. The van der Waals surface area contributed by atoms with Gasteiger partial charge in [0, 0.05) is 31.3 Å². The van der Waals surface area contributed by atoms with Crippen molar-refractivity contribution in [3.63, 3.8) is 0 Å². The molecule has 0 aliphatic rings. The summed E-state index contributed by atoms with van der Waals surface area (Å²) < 4.78 is 32.4. The quantitative estimate of drug-likeness (QED) is 0.297. The van der Waals surface area contributed by atoms with Gasteiger partial charge in [-0.25, -0.2) is 4.79 Å². The fourth-order valence-electron chi connectivity index (χ4n) is 3.44. The molecule has 10 heteroatoms. The van der Waals surface area contributed by atoms with Crippen molar-refractivity contribution in [2.45, 2.75) is 12.5 Å². The van der Waals surface area contributed by atoms with Crippen molar-refractivity contribution < 1.29 is 32.0 Å². The molecule has 0 saturated heterocycles. The van der Waals surface area contributed by atoms with Gasteiger partial charge < -0.3 is 18.9 Å². The van der Waals surface area contributed by atoms with E-state index in [9.17, 15) is 23.1 Å². The fourth-order valence-corrected chi connectivity index (χ4v) is 3.90. The summed E-state index contributed by atoms with van der Waals surface area (Å²) in [6, 6.07) is 22.5. The van der Waals surface area contributed by atoms with Crippen LogP contribution in [0.5, 0.6) is 5.75 Å². The summed E-state index contributed by atoms with van der Waals surface area (Å²) in [7, 11) is -2.25. The zero-order valence-electron chi connectivity index (χ0n) is 19.9. The number of rotatable bonds is 11. The van der Waals surface area contributed by atoms with Crippen LogP contribution in [-0.2, 0) is 26.1 Å². The van der Waals surface area contributed by atoms with Crippen LogP contribution >= 0.6 is 0 Å². The van der Waals surface area contributed by atoms with E-state index in [-0.39, 0.29) is 47.7 Å². The molecule has 1 amide bonds. The molecule has 0 aromatic heterocycles. The third kappa shape index (κ3) is 9.32. The van der Waals surface area contributed by atoms with Gasteiger partial charge in [0.25, 0.3) is 5.91 Å². The standard InChI is InChI=1S/C27H27NO7S.Mg.2H/c1-34-25(27(30)31)19-21-10-14-23(15-11-21)28(26(29)22-8-4-3-5-9-22)18-6-7-20-12-16-24(17-13-20)35-36(2,32)33;;;/h3-17,25H,18-19H2,1-2H3,(H,30,31);;;/b7-6+;;;/t25-;;;/m0.../s1. The van der Waals surface area contributed by atoms with Gasteiger partial charge in [-0.1, -0.05) is 54.6 Å². The smallest absolute Gasteiger partial charge is 0.333 e. The number of hydrogen-bond acceptors (Lipinski definition) is 6. The molecule has 192 valence electrons. The highest BCUT2D eigenvalue weighted by atomic mass is 32.2. The maximum absolute atomic E-state index is 13.3. The molecule has 3 rings (SSSR count). The SMILES string of the molecule is CO[C@@H](Cc1ccc(N(C/C=C/c2ccc(OS(C)(=O)=O)cc2)C(=O)c2ccccc2)cc1)C(=O)O.[MgH2]. The Bertz CT molecular complexity index is 1310. The first-order valence-electron chi connectivity index (χ1n) is 11.0. The lowest BCUT2D eigenvalue weighted by atomic mass is 10.1. The van der Waals surface area contributed by atoms with Crippen molar-refractivity contribution in [3.8, 4) is 5.75 Å². The Labute approximate surface area is 232 Å². The molecule has 0 radical (unpaired) electrons. The molecule has 0 fully saturated rings. The molecule has 0 aliphatic carbocycles. The van der Waals surface area contributed by atoms with Crippen LogP contribution in [-0.4, -0.2) is 74.5 Å². The van der Waals surface area contributed by atoms with Crippen molar-refractivity contribution in [2.24, 2.45) is 0 Å². The van der Waals surface area contributed by atoms with E-state index in [1.54, 1.807) is 77.7 Å². The number of anilines is 1. The molecule has 0 spiro atoms. The molecule has 3 aromatic rings. The molecule has 0 heterocycles. The first-order chi connectivity index (χ1) is 17.2. The van der Waals surface area contributed by atoms with Crippen LogP contribution in [0.1, 0.15) is 21.5 Å². The summed E-state index contributed by atoms with van der Waals surface area (Å²) in [5, 5.41) is 9.21. The van der Waals surface area contributed by atoms with E-state index in [0.29, 0.717) is 11.3 Å². The number of methoxy groups -OCH3 is 1. The van der Waals surface area contributed by atoms with Crippen molar-refractivity contribution in [2.75, 3.05) is 24.8 Å². The number of amides is 1. The Kier molecular flexibility index (Phi) is 11.3. The molecular formula is C27H29MgNO7S. The lowest BCUT2D eigenvalue weighted by Crippen LogP contribution is -2.31. The molecule has 1 N–H and O–H groups in total. The van der Waals surface area contributed by atoms with Crippen LogP contribution in [0.2, 0.25) is 0 Å². The Morgan fingerprint density at radius 1 is 0.973 bits per heavy atom. The Morgan fingerprint density at radius 3 is 2.14 bits per heavy atom. The number of nitrogens with zero attached hydrogens (tertiary/aromatic N) is 1. The average Bonchev–Trinajstić information content (AvgIpc) is 2.86. The van der Waals surface area contributed by atoms with Gasteiger partial charge in [0.05, 0.1) is 6.26 Å². The zero-order valence-corrected chi connectivity index (χ0v) is 20.7. The highest BCUT2D eigenvalue weighted by Crippen LogP contribution is 2.20. The largest absolute Gasteiger partial charge is 0.479 e. The van der Waals surface area contributed by atoms with Gasteiger partial charge in [0.15, 0.2) is 6.10 Å². The first kappa shape index (κ1) is 30.0. The maximum atomic E-state index is 13.3. The van der Waals surface area contributed by atoms with Crippen molar-refractivity contribution in [1.82, 2.24) is 0 Å². The minimum atomic E-state index is -3.60. The third-order valence-corrected chi connectivity index (χ3v) is 5.72. The van der Waals surface area contributed by atoms with Crippen LogP contribution in [0.15, 0.2) is 84.9 Å². The van der Waals surface area contributed by atoms with Crippen LogP contribution in [0.3, 0.4) is 0 Å². The summed E-state index contributed by atoms with van der Waals surface area (Å²) in [6.07, 6.45) is 3.88. The van der Waals surface area contributed by atoms with E-state index in [4.69, 9.17) is 8.92 Å². The Morgan fingerprint density at radius 2 is 1.59 bits per heavy atom. The number of hydrogen-bond donors (Lipinski definition) is 1. The monoisotopic (exact) mass is 535 g/mol. The molecule has 37 heavy (non-hydrogen) atoms. The number of carbonyl (C=O) groups is 2. The normalized spacial score (nSPS) is 11.9. The van der Waals surface area contributed by atoms with Crippen LogP contribution in [0.4, 0.5) is 5.69 Å². The number of carbonyl (C=O) groups excluding carboxylic acids is 1. The molecule has 1 atom stereocenters. The number of carboxylic acids is 1. The molecule has 0 bridgehead atoms. The minimum Gasteiger partial charge on any atom is -0.479 e. The minimum absolute atomic E-state index is 0. The topological polar surface area (TPSA) is 110 Å².